The number of benzene rings is 1. The molecule has 1 aromatic carbocycles. The van der Waals surface area contributed by atoms with Crippen LogP contribution in [-0.2, 0) is 4.79 Å². The van der Waals surface area contributed by atoms with Crippen molar-refractivity contribution in [2.24, 2.45) is 11.1 Å². The minimum atomic E-state index is -0.0567. The summed E-state index contributed by atoms with van der Waals surface area (Å²) in [6, 6.07) is 5.36. The number of carbonyl (C=O) groups is 2. The number of hydrogen-bond acceptors (Lipinski definition) is 5. The highest BCUT2D eigenvalue weighted by molar-refractivity contribution is 5.98. The zero-order valence-corrected chi connectivity index (χ0v) is 15.3. The molecular weight excluding hydrogens is 334 g/mol. The molecule has 2 heterocycles. The lowest BCUT2D eigenvalue weighted by atomic mass is 9.77. The Kier molecular flexibility index (Phi) is 5.66. The van der Waals surface area contributed by atoms with Crippen molar-refractivity contribution >= 4 is 11.8 Å². The standard InChI is InChI=1S/C19H27N3O4/c1-25-15-5-2-4-14(17(15)26-11-3-8-20)18(24)22-9-6-19(7-10-22)12-16(23)21-13-19/h2,4-5H,3,6-13,20H2,1H3,(H,21,23). The molecule has 1 spiro atoms. The maximum Gasteiger partial charge on any atom is 0.257 e. The first-order valence-electron chi connectivity index (χ1n) is 9.14. The first-order valence-corrected chi connectivity index (χ1v) is 9.14. The SMILES string of the molecule is COc1cccc(C(=O)N2CCC3(CC2)CNC(=O)C3)c1OCCCN. The highest BCUT2D eigenvalue weighted by atomic mass is 16.5. The van der Waals surface area contributed by atoms with E-state index in [9.17, 15) is 9.59 Å². The summed E-state index contributed by atoms with van der Waals surface area (Å²) in [6.07, 6.45) is 2.95. The normalized spacial score (nSPS) is 18.7. The average Bonchev–Trinajstić information content (AvgIpc) is 3.02. The van der Waals surface area contributed by atoms with Crippen LogP contribution in [0.3, 0.4) is 0 Å². The molecule has 0 bridgehead atoms. The van der Waals surface area contributed by atoms with Crippen molar-refractivity contribution < 1.29 is 19.1 Å². The second-order valence-electron chi connectivity index (χ2n) is 7.07. The zero-order chi connectivity index (χ0) is 18.6. The third kappa shape index (κ3) is 3.77. The van der Waals surface area contributed by atoms with E-state index in [1.807, 2.05) is 4.90 Å². The number of rotatable bonds is 6. The molecule has 2 fully saturated rings. The van der Waals surface area contributed by atoms with Crippen LogP contribution < -0.4 is 20.5 Å². The molecule has 1 aromatic rings. The molecule has 7 nitrogen and oxygen atoms in total. The van der Waals surface area contributed by atoms with Gasteiger partial charge in [-0.15, -0.1) is 0 Å². The van der Waals surface area contributed by atoms with Gasteiger partial charge in [0.15, 0.2) is 11.5 Å². The van der Waals surface area contributed by atoms with Gasteiger partial charge in [0, 0.05) is 26.1 Å². The van der Waals surface area contributed by atoms with Crippen molar-refractivity contribution in [3.05, 3.63) is 23.8 Å². The van der Waals surface area contributed by atoms with Crippen LogP contribution in [0.5, 0.6) is 11.5 Å². The Morgan fingerprint density at radius 2 is 2.12 bits per heavy atom. The number of piperidine rings is 1. The fourth-order valence-electron chi connectivity index (χ4n) is 3.71. The van der Waals surface area contributed by atoms with Crippen molar-refractivity contribution in [2.45, 2.75) is 25.7 Å². The summed E-state index contributed by atoms with van der Waals surface area (Å²) in [5.41, 5.74) is 6.06. The van der Waals surface area contributed by atoms with E-state index in [0.29, 0.717) is 56.1 Å². The molecule has 2 aliphatic rings. The quantitative estimate of drug-likeness (QED) is 0.742. The van der Waals surface area contributed by atoms with E-state index in [1.165, 1.54) is 0 Å². The van der Waals surface area contributed by atoms with E-state index in [0.717, 1.165) is 19.4 Å². The van der Waals surface area contributed by atoms with Crippen molar-refractivity contribution in [3.8, 4) is 11.5 Å². The average molecular weight is 361 g/mol. The van der Waals surface area contributed by atoms with Gasteiger partial charge < -0.3 is 25.4 Å². The molecule has 0 unspecified atom stereocenters. The second-order valence-corrected chi connectivity index (χ2v) is 7.07. The van der Waals surface area contributed by atoms with Crippen LogP contribution in [0.15, 0.2) is 18.2 Å². The summed E-state index contributed by atoms with van der Waals surface area (Å²) >= 11 is 0. The van der Waals surface area contributed by atoms with Crippen LogP contribution in [0.4, 0.5) is 0 Å². The van der Waals surface area contributed by atoms with Gasteiger partial charge in [-0.2, -0.15) is 0 Å². The second kappa shape index (κ2) is 7.95. The molecule has 0 aromatic heterocycles. The first-order chi connectivity index (χ1) is 12.6. The van der Waals surface area contributed by atoms with Gasteiger partial charge in [-0.3, -0.25) is 9.59 Å². The van der Waals surface area contributed by atoms with Gasteiger partial charge in [0.05, 0.1) is 19.3 Å². The smallest absolute Gasteiger partial charge is 0.257 e. The summed E-state index contributed by atoms with van der Waals surface area (Å²) in [7, 11) is 1.56. The molecule has 2 amide bonds. The lowest BCUT2D eigenvalue weighted by Crippen LogP contribution is -2.44. The summed E-state index contributed by atoms with van der Waals surface area (Å²) in [6.45, 7) is 2.98. The molecular formula is C19H27N3O4. The number of ether oxygens (including phenoxy) is 2. The number of hydrogen-bond donors (Lipinski definition) is 2. The van der Waals surface area contributed by atoms with E-state index in [2.05, 4.69) is 5.32 Å². The molecule has 3 N–H and O–H groups in total. The Hall–Kier alpha value is -2.28. The predicted molar refractivity (Wildman–Crippen MR) is 97.4 cm³/mol. The van der Waals surface area contributed by atoms with Crippen LogP contribution in [0.25, 0.3) is 0 Å². The van der Waals surface area contributed by atoms with Crippen LogP contribution in [0, 0.1) is 5.41 Å². The minimum Gasteiger partial charge on any atom is -0.493 e. The van der Waals surface area contributed by atoms with Crippen LogP contribution in [0.1, 0.15) is 36.0 Å². The molecule has 0 aliphatic carbocycles. The molecule has 2 aliphatic heterocycles. The minimum absolute atomic E-state index is 0.0166. The fraction of sp³-hybridized carbons (Fsp3) is 0.579. The molecule has 7 heteroatoms. The molecule has 0 atom stereocenters. The van der Waals surface area contributed by atoms with Gasteiger partial charge in [0.2, 0.25) is 5.91 Å². The summed E-state index contributed by atoms with van der Waals surface area (Å²) < 4.78 is 11.2. The summed E-state index contributed by atoms with van der Waals surface area (Å²) in [4.78, 5) is 26.5. The highest BCUT2D eigenvalue weighted by Gasteiger charge is 2.42. The number of methoxy groups -OCH3 is 1. The third-order valence-corrected chi connectivity index (χ3v) is 5.33. The number of carbonyl (C=O) groups excluding carboxylic acids is 2. The lowest BCUT2D eigenvalue weighted by molar-refractivity contribution is -0.119. The highest BCUT2D eigenvalue weighted by Crippen LogP contribution is 2.39. The van der Waals surface area contributed by atoms with Gasteiger partial charge in [-0.1, -0.05) is 6.07 Å². The third-order valence-electron chi connectivity index (χ3n) is 5.33. The lowest BCUT2D eigenvalue weighted by Gasteiger charge is -2.38. The Balaban J connectivity index is 1.72. The maximum atomic E-state index is 13.1. The maximum absolute atomic E-state index is 13.1. The van der Waals surface area contributed by atoms with Gasteiger partial charge in [0.25, 0.3) is 5.91 Å². The Bertz CT molecular complexity index is 669. The fourth-order valence-corrected chi connectivity index (χ4v) is 3.71. The molecule has 26 heavy (non-hydrogen) atoms. The van der Waals surface area contributed by atoms with Crippen molar-refractivity contribution in [1.29, 1.82) is 0 Å². The van der Waals surface area contributed by atoms with Gasteiger partial charge in [0.1, 0.15) is 0 Å². The number of likely N-dealkylation sites (tertiary alicyclic amines) is 1. The molecule has 0 radical (unpaired) electrons. The molecule has 142 valence electrons. The molecule has 3 rings (SSSR count). The number of nitrogens with two attached hydrogens (primary N) is 1. The van der Waals surface area contributed by atoms with Gasteiger partial charge in [-0.05, 0) is 43.4 Å². The molecule has 0 saturated carbocycles. The van der Waals surface area contributed by atoms with E-state index >= 15 is 0 Å². The molecule has 2 saturated heterocycles. The Morgan fingerprint density at radius 3 is 2.73 bits per heavy atom. The Labute approximate surface area is 153 Å². The largest absolute Gasteiger partial charge is 0.493 e. The van der Waals surface area contributed by atoms with Crippen LogP contribution >= 0.6 is 0 Å². The summed E-state index contributed by atoms with van der Waals surface area (Å²) in [5, 5.41) is 2.92. The first kappa shape index (κ1) is 18.5. The predicted octanol–water partition coefficient (Wildman–Crippen LogP) is 1.17. The number of para-hydroxylation sites is 1. The van der Waals surface area contributed by atoms with E-state index < -0.39 is 0 Å². The van der Waals surface area contributed by atoms with Crippen molar-refractivity contribution in [3.63, 3.8) is 0 Å². The number of amides is 2. The van der Waals surface area contributed by atoms with E-state index in [-0.39, 0.29) is 17.2 Å². The van der Waals surface area contributed by atoms with E-state index in [4.69, 9.17) is 15.2 Å². The summed E-state index contributed by atoms with van der Waals surface area (Å²) in [5.74, 6) is 1.09. The van der Waals surface area contributed by atoms with Crippen molar-refractivity contribution in [1.82, 2.24) is 10.2 Å². The number of nitrogens with one attached hydrogen (secondary N) is 1. The zero-order valence-electron chi connectivity index (χ0n) is 15.3. The van der Waals surface area contributed by atoms with Crippen LogP contribution in [0.2, 0.25) is 0 Å². The topological polar surface area (TPSA) is 93.9 Å². The Morgan fingerprint density at radius 1 is 1.35 bits per heavy atom. The van der Waals surface area contributed by atoms with Crippen molar-refractivity contribution in [2.75, 3.05) is 39.9 Å². The number of nitrogens with zero attached hydrogens (tertiary/aromatic N) is 1. The van der Waals surface area contributed by atoms with E-state index in [1.54, 1.807) is 25.3 Å². The van der Waals surface area contributed by atoms with Gasteiger partial charge in [-0.25, -0.2) is 0 Å². The van der Waals surface area contributed by atoms with Gasteiger partial charge >= 0.3 is 0 Å². The van der Waals surface area contributed by atoms with Crippen LogP contribution in [-0.4, -0.2) is 56.6 Å². The monoisotopic (exact) mass is 361 g/mol.